The van der Waals surface area contributed by atoms with E-state index >= 15 is 0 Å². The summed E-state index contributed by atoms with van der Waals surface area (Å²) in [4.78, 5) is 8.53. The fourth-order valence-corrected chi connectivity index (χ4v) is 2.62. The van der Waals surface area contributed by atoms with Gasteiger partial charge in [-0.1, -0.05) is 18.2 Å². The van der Waals surface area contributed by atoms with Crippen molar-refractivity contribution in [1.82, 2.24) is 15.6 Å². The molecule has 1 aliphatic rings. The van der Waals surface area contributed by atoms with Crippen LogP contribution in [0.1, 0.15) is 16.8 Å². The molecule has 23 heavy (non-hydrogen) atoms. The van der Waals surface area contributed by atoms with Crippen LogP contribution in [-0.4, -0.2) is 31.1 Å². The molecule has 1 aromatic carbocycles. The Balaban J connectivity index is 1.45. The first kappa shape index (κ1) is 15.3. The molecule has 0 radical (unpaired) electrons. The lowest BCUT2D eigenvalue weighted by Crippen LogP contribution is -2.38. The summed E-state index contributed by atoms with van der Waals surface area (Å²) in [6.45, 7) is 2.30. The molecule has 2 N–H and O–H groups in total. The number of rotatable bonds is 5. The maximum Gasteiger partial charge on any atom is 0.191 e. The van der Waals surface area contributed by atoms with Crippen LogP contribution in [0.25, 0.3) is 0 Å². The van der Waals surface area contributed by atoms with Gasteiger partial charge in [-0.2, -0.15) is 0 Å². The highest BCUT2D eigenvalue weighted by molar-refractivity contribution is 5.79. The van der Waals surface area contributed by atoms with E-state index in [-0.39, 0.29) is 0 Å². The average Bonchev–Trinajstić information content (AvgIpc) is 3.06. The van der Waals surface area contributed by atoms with Crippen molar-refractivity contribution in [2.24, 2.45) is 4.99 Å². The Morgan fingerprint density at radius 2 is 2.22 bits per heavy atom. The molecule has 2 aromatic rings. The van der Waals surface area contributed by atoms with E-state index in [0.29, 0.717) is 6.54 Å². The molecule has 0 bridgehead atoms. The first-order valence-electron chi connectivity index (χ1n) is 7.94. The van der Waals surface area contributed by atoms with Crippen molar-refractivity contribution in [2.75, 3.05) is 20.2 Å². The third-order valence-electron chi connectivity index (χ3n) is 3.85. The average molecular weight is 310 g/mol. The van der Waals surface area contributed by atoms with Crippen LogP contribution in [0.5, 0.6) is 5.75 Å². The molecule has 1 aliphatic heterocycles. The maximum atomic E-state index is 5.54. The fraction of sp³-hybridized carbons (Fsp3) is 0.333. The molecule has 0 saturated carbocycles. The predicted octanol–water partition coefficient (Wildman–Crippen LogP) is 1.92. The Bertz CT molecular complexity index is 670. The number of aromatic nitrogens is 1. The van der Waals surface area contributed by atoms with Gasteiger partial charge in [-0.25, -0.2) is 0 Å². The molecular formula is C18H22N4O. The van der Waals surface area contributed by atoms with E-state index in [0.717, 1.165) is 43.4 Å². The number of guanidine groups is 1. The van der Waals surface area contributed by atoms with Crippen LogP contribution < -0.4 is 15.4 Å². The van der Waals surface area contributed by atoms with Gasteiger partial charge >= 0.3 is 0 Å². The fourth-order valence-electron chi connectivity index (χ4n) is 2.62. The highest BCUT2D eigenvalue weighted by Crippen LogP contribution is 2.25. The smallest absolute Gasteiger partial charge is 0.191 e. The van der Waals surface area contributed by atoms with Crippen molar-refractivity contribution in [3.8, 4) is 5.75 Å². The van der Waals surface area contributed by atoms with E-state index in [1.165, 1.54) is 11.1 Å². The maximum absolute atomic E-state index is 5.54. The Labute approximate surface area is 136 Å². The van der Waals surface area contributed by atoms with Crippen molar-refractivity contribution in [1.29, 1.82) is 0 Å². The van der Waals surface area contributed by atoms with Crippen LogP contribution in [0, 0.1) is 0 Å². The molecule has 3 rings (SSSR count). The van der Waals surface area contributed by atoms with Gasteiger partial charge in [0.1, 0.15) is 5.75 Å². The number of nitrogens with zero attached hydrogens (tertiary/aromatic N) is 2. The number of fused-ring (bicyclic) bond motifs is 1. The quantitative estimate of drug-likeness (QED) is 0.654. The number of ether oxygens (including phenoxy) is 1. The SMILES string of the molecule is CN=C(NCCc1ccc2c(c1)CCO2)NCc1ccccn1. The standard InChI is InChI=1S/C18H22N4O/c1-19-18(22-13-16-4-2-3-9-20-16)21-10-7-14-5-6-17-15(12-14)8-11-23-17/h2-6,9,12H,7-8,10-11,13H2,1H3,(H2,19,21,22). The van der Waals surface area contributed by atoms with Crippen molar-refractivity contribution >= 4 is 5.96 Å². The Hall–Kier alpha value is -2.56. The van der Waals surface area contributed by atoms with Gasteiger partial charge in [0.15, 0.2) is 5.96 Å². The second kappa shape index (κ2) is 7.63. The summed E-state index contributed by atoms with van der Waals surface area (Å²) in [7, 11) is 1.78. The predicted molar refractivity (Wildman–Crippen MR) is 91.8 cm³/mol. The highest BCUT2D eigenvalue weighted by Gasteiger charge is 2.11. The van der Waals surface area contributed by atoms with E-state index < -0.39 is 0 Å². The molecule has 120 valence electrons. The third kappa shape index (κ3) is 4.22. The minimum Gasteiger partial charge on any atom is -0.493 e. The lowest BCUT2D eigenvalue weighted by Gasteiger charge is -2.12. The number of benzene rings is 1. The van der Waals surface area contributed by atoms with Gasteiger partial charge in [0, 0.05) is 26.2 Å². The van der Waals surface area contributed by atoms with Crippen molar-refractivity contribution in [2.45, 2.75) is 19.4 Å². The third-order valence-corrected chi connectivity index (χ3v) is 3.85. The molecule has 0 aliphatic carbocycles. The number of hydrogen-bond donors (Lipinski definition) is 2. The van der Waals surface area contributed by atoms with Crippen molar-refractivity contribution in [3.05, 3.63) is 59.4 Å². The van der Waals surface area contributed by atoms with Gasteiger partial charge in [0.25, 0.3) is 0 Å². The molecule has 5 heteroatoms. The van der Waals surface area contributed by atoms with Crippen LogP contribution in [0.15, 0.2) is 47.6 Å². The van der Waals surface area contributed by atoms with Crippen molar-refractivity contribution in [3.63, 3.8) is 0 Å². The Morgan fingerprint density at radius 1 is 1.26 bits per heavy atom. The number of pyridine rings is 1. The van der Waals surface area contributed by atoms with Crippen LogP contribution in [0.4, 0.5) is 0 Å². The van der Waals surface area contributed by atoms with Gasteiger partial charge in [-0.3, -0.25) is 9.98 Å². The number of hydrogen-bond acceptors (Lipinski definition) is 3. The Morgan fingerprint density at radius 3 is 3.04 bits per heavy atom. The molecule has 0 fully saturated rings. The van der Waals surface area contributed by atoms with Gasteiger partial charge in [-0.15, -0.1) is 0 Å². The molecule has 0 saturated heterocycles. The zero-order valence-electron chi connectivity index (χ0n) is 13.4. The van der Waals surface area contributed by atoms with Gasteiger partial charge in [0.2, 0.25) is 0 Å². The molecule has 0 spiro atoms. The zero-order chi connectivity index (χ0) is 15.9. The summed E-state index contributed by atoms with van der Waals surface area (Å²) in [5.41, 5.74) is 3.64. The Kier molecular flexibility index (Phi) is 5.09. The lowest BCUT2D eigenvalue weighted by atomic mass is 10.1. The van der Waals surface area contributed by atoms with E-state index in [1.54, 1.807) is 13.2 Å². The minimum atomic E-state index is 0.663. The number of nitrogens with one attached hydrogen (secondary N) is 2. The second-order valence-corrected chi connectivity index (χ2v) is 5.46. The molecule has 0 unspecified atom stereocenters. The van der Waals surface area contributed by atoms with Crippen LogP contribution in [0.2, 0.25) is 0 Å². The minimum absolute atomic E-state index is 0.663. The summed E-state index contributed by atoms with van der Waals surface area (Å²) in [6, 6.07) is 12.3. The monoisotopic (exact) mass is 310 g/mol. The molecule has 5 nitrogen and oxygen atoms in total. The van der Waals surface area contributed by atoms with Crippen molar-refractivity contribution < 1.29 is 4.74 Å². The van der Waals surface area contributed by atoms with Gasteiger partial charge < -0.3 is 15.4 Å². The molecule has 0 amide bonds. The summed E-state index contributed by atoms with van der Waals surface area (Å²) in [6.07, 6.45) is 3.77. The zero-order valence-corrected chi connectivity index (χ0v) is 13.4. The normalized spacial score (nSPS) is 13.3. The van der Waals surface area contributed by atoms with Gasteiger partial charge in [0.05, 0.1) is 18.8 Å². The van der Waals surface area contributed by atoms with Crippen LogP contribution >= 0.6 is 0 Å². The van der Waals surface area contributed by atoms with E-state index in [1.807, 2.05) is 18.2 Å². The van der Waals surface area contributed by atoms with Crippen LogP contribution in [0.3, 0.4) is 0 Å². The lowest BCUT2D eigenvalue weighted by molar-refractivity contribution is 0.357. The van der Waals surface area contributed by atoms with E-state index in [4.69, 9.17) is 4.74 Å². The molecule has 1 aromatic heterocycles. The molecular weight excluding hydrogens is 288 g/mol. The summed E-state index contributed by atoms with van der Waals surface area (Å²) >= 11 is 0. The molecule has 2 heterocycles. The van der Waals surface area contributed by atoms with E-state index in [2.05, 4.69) is 38.8 Å². The van der Waals surface area contributed by atoms with Crippen LogP contribution in [-0.2, 0) is 19.4 Å². The summed E-state index contributed by atoms with van der Waals surface area (Å²) in [5, 5.41) is 6.61. The van der Waals surface area contributed by atoms with Gasteiger partial charge in [-0.05, 0) is 35.7 Å². The largest absolute Gasteiger partial charge is 0.493 e. The molecule has 0 atom stereocenters. The van der Waals surface area contributed by atoms with E-state index in [9.17, 15) is 0 Å². The summed E-state index contributed by atoms with van der Waals surface area (Å²) in [5.74, 6) is 1.83. The second-order valence-electron chi connectivity index (χ2n) is 5.46. The first-order valence-corrected chi connectivity index (χ1v) is 7.94. The first-order chi connectivity index (χ1) is 11.3. The highest BCUT2D eigenvalue weighted by atomic mass is 16.5. The number of aliphatic imine (C=N–C) groups is 1. The topological polar surface area (TPSA) is 58.5 Å². The summed E-state index contributed by atoms with van der Waals surface area (Å²) < 4.78 is 5.54.